The highest BCUT2D eigenvalue weighted by molar-refractivity contribution is 5.85. The van der Waals surface area contributed by atoms with Gasteiger partial charge >= 0.3 is 0 Å². The van der Waals surface area contributed by atoms with Gasteiger partial charge in [-0.1, -0.05) is 18.2 Å². The summed E-state index contributed by atoms with van der Waals surface area (Å²) >= 11 is 0. The molecule has 1 fully saturated rings. The number of nitrogens with zero attached hydrogens (tertiary/aromatic N) is 1. The molecule has 0 saturated carbocycles. The van der Waals surface area contributed by atoms with Gasteiger partial charge in [0.05, 0.1) is 0 Å². The number of hydrogen-bond acceptors (Lipinski definition) is 3. The van der Waals surface area contributed by atoms with E-state index in [4.69, 9.17) is 5.73 Å². The molecule has 0 aliphatic carbocycles. The molecule has 0 amide bonds. The van der Waals surface area contributed by atoms with Gasteiger partial charge in [-0.3, -0.25) is 4.90 Å². The smallest absolute Gasteiger partial charge is 0.0359 e. The summed E-state index contributed by atoms with van der Waals surface area (Å²) in [7, 11) is 0. The highest BCUT2D eigenvalue weighted by atomic mass is 35.5. The maximum absolute atomic E-state index is 5.90. The van der Waals surface area contributed by atoms with Crippen LogP contribution in [-0.2, 0) is 6.54 Å². The second-order valence-electron chi connectivity index (χ2n) is 3.72. The van der Waals surface area contributed by atoms with Gasteiger partial charge in [0.2, 0.25) is 0 Å². The summed E-state index contributed by atoms with van der Waals surface area (Å²) in [5.74, 6) is 0. The van der Waals surface area contributed by atoms with Gasteiger partial charge in [-0.2, -0.15) is 0 Å². The molecule has 0 spiro atoms. The van der Waals surface area contributed by atoms with Crippen molar-refractivity contribution in [1.82, 2.24) is 10.2 Å². The van der Waals surface area contributed by atoms with Gasteiger partial charge < -0.3 is 11.1 Å². The van der Waals surface area contributed by atoms with Crippen molar-refractivity contribution in [3.63, 3.8) is 0 Å². The highest BCUT2D eigenvalue weighted by Gasteiger charge is 2.10. The molecule has 1 aromatic rings. The van der Waals surface area contributed by atoms with Crippen LogP contribution in [0.25, 0.3) is 0 Å². The first-order valence-electron chi connectivity index (χ1n) is 5.13. The number of halogens is 1. The summed E-state index contributed by atoms with van der Waals surface area (Å²) in [6.07, 6.45) is 0. The van der Waals surface area contributed by atoms with E-state index in [-0.39, 0.29) is 12.4 Å². The van der Waals surface area contributed by atoms with Crippen LogP contribution in [0.15, 0.2) is 24.3 Å². The fourth-order valence-electron chi connectivity index (χ4n) is 1.79. The zero-order chi connectivity index (χ0) is 9.80. The summed E-state index contributed by atoms with van der Waals surface area (Å²) in [5, 5.41) is 3.34. The van der Waals surface area contributed by atoms with Crippen molar-refractivity contribution in [3.8, 4) is 0 Å². The Morgan fingerprint density at radius 2 is 1.87 bits per heavy atom. The van der Waals surface area contributed by atoms with E-state index in [1.54, 1.807) is 0 Å². The lowest BCUT2D eigenvalue weighted by Crippen LogP contribution is -2.42. The van der Waals surface area contributed by atoms with Crippen molar-refractivity contribution in [3.05, 3.63) is 29.8 Å². The Labute approximate surface area is 97.1 Å². The molecule has 0 atom stereocenters. The third-order valence-corrected chi connectivity index (χ3v) is 2.66. The van der Waals surface area contributed by atoms with Gasteiger partial charge in [0.15, 0.2) is 0 Å². The third kappa shape index (κ3) is 3.38. The van der Waals surface area contributed by atoms with Crippen LogP contribution in [0.3, 0.4) is 0 Å². The summed E-state index contributed by atoms with van der Waals surface area (Å²) in [6.45, 7) is 5.40. The van der Waals surface area contributed by atoms with Crippen LogP contribution in [0, 0.1) is 0 Å². The van der Waals surface area contributed by atoms with Crippen LogP contribution < -0.4 is 11.1 Å². The first kappa shape index (κ1) is 12.3. The standard InChI is InChI=1S/C11H17N3.ClH/c12-11-4-2-1-3-10(11)9-14-7-5-13-6-8-14;/h1-4,13H,5-9,12H2;1H. The summed E-state index contributed by atoms with van der Waals surface area (Å²) in [4.78, 5) is 2.43. The highest BCUT2D eigenvalue weighted by Crippen LogP contribution is 2.13. The Morgan fingerprint density at radius 1 is 1.20 bits per heavy atom. The van der Waals surface area contributed by atoms with Crippen LogP contribution in [0.1, 0.15) is 5.56 Å². The quantitative estimate of drug-likeness (QED) is 0.744. The van der Waals surface area contributed by atoms with Crippen LogP contribution >= 0.6 is 12.4 Å². The van der Waals surface area contributed by atoms with Crippen molar-refractivity contribution in [2.45, 2.75) is 6.54 Å². The zero-order valence-corrected chi connectivity index (χ0v) is 9.59. The van der Waals surface area contributed by atoms with Crippen LogP contribution in [-0.4, -0.2) is 31.1 Å². The van der Waals surface area contributed by atoms with Gasteiger partial charge in [-0.05, 0) is 11.6 Å². The van der Waals surface area contributed by atoms with E-state index in [0.717, 1.165) is 38.4 Å². The number of piperazine rings is 1. The SMILES string of the molecule is Cl.Nc1ccccc1CN1CCNCC1. The van der Waals surface area contributed by atoms with E-state index in [1.165, 1.54) is 5.56 Å². The van der Waals surface area contributed by atoms with Crippen LogP contribution in [0.4, 0.5) is 5.69 Å². The Bertz CT molecular complexity index is 298. The number of anilines is 1. The second kappa shape index (κ2) is 5.95. The Balaban J connectivity index is 0.00000112. The van der Waals surface area contributed by atoms with E-state index >= 15 is 0 Å². The summed E-state index contributed by atoms with van der Waals surface area (Å²) in [6, 6.07) is 8.11. The monoisotopic (exact) mass is 227 g/mol. The Kier molecular flexibility index (Phi) is 4.88. The average molecular weight is 228 g/mol. The fourth-order valence-corrected chi connectivity index (χ4v) is 1.79. The van der Waals surface area contributed by atoms with Crippen LogP contribution in [0.2, 0.25) is 0 Å². The molecule has 4 heteroatoms. The second-order valence-corrected chi connectivity index (χ2v) is 3.72. The molecule has 15 heavy (non-hydrogen) atoms. The number of nitrogens with two attached hydrogens (primary N) is 1. The van der Waals surface area contributed by atoms with Crippen LogP contribution in [0.5, 0.6) is 0 Å². The van der Waals surface area contributed by atoms with Crippen molar-refractivity contribution in [2.75, 3.05) is 31.9 Å². The maximum Gasteiger partial charge on any atom is 0.0359 e. The molecule has 0 bridgehead atoms. The lowest BCUT2D eigenvalue weighted by Gasteiger charge is -2.27. The summed E-state index contributed by atoms with van der Waals surface area (Å²) in [5.41, 5.74) is 8.05. The number of rotatable bonds is 2. The van der Waals surface area contributed by atoms with Gasteiger partial charge in [0.1, 0.15) is 0 Å². The average Bonchev–Trinajstić information content (AvgIpc) is 2.23. The molecule has 1 aromatic carbocycles. The largest absolute Gasteiger partial charge is 0.398 e. The molecule has 3 nitrogen and oxygen atoms in total. The Hall–Kier alpha value is -0.770. The lowest BCUT2D eigenvalue weighted by molar-refractivity contribution is 0.233. The number of hydrogen-bond donors (Lipinski definition) is 2. The normalized spacial score (nSPS) is 17.1. The molecule has 3 N–H and O–H groups in total. The first-order valence-corrected chi connectivity index (χ1v) is 5.13. The van der Waals surface area contributed by atoms with Gasteiger partial charge in [0, 0.05) is 38.4 Å². The van der Waals surface area contributed by atoms with Gasteiger partial charge in [0.25, 0.3) is 0 Å². The molecule has 0 radical (unpaired) electrons. The lowest BCUT2D eigenvalue weighted by atomic mass is 10.1. The fraction of sp³-hybridized carbons (Fsp3) is 0.455. The molecule has 1 saturated heterocycles. The number of para-hydroxylation sites is 1. The maximum atomic E-state index is 5.90. The predicted octanol–water partition coefficient (Wildman–Crippen LogP) is 1.10. The molecular formula is C11H18ClN3. The van der Waals surface area contributed by atoms with E-state index in [0.29, 0.717) is 0 Å². The van der Waals surface area contributed by atoms with E-state index < -0.39 is 0 Å². The zero-order valence-electron chi connectivity index (χ0n) is 8.78. The van der Waals surface area contributed by atoms with E-state index in [2.05, 4.69) is 16.3 Å². The minimum Gasteiger partial charge on any atom is -0.398 e. The molecule has 0 aromatic heterocycles. The molecule has 84 valence electrons. The third-order valence-electron chi connectivity index (χ3n) is 2.66. The molecule has 1 aliphatic rings. The topological polar surface area (TPSA) is 41.3 Å². The van der Waals surface area contributed by atoms with Crippen molar-refractivity contribution in [2.24, 2.45) is 0 Å². The molecule has 2 rings (SSSR count). The number of benzene rings is 1. The molecular weight excluding hydrogens is 210 g/mol. The Morgan fingerprint density at radius 3 is 2.53 bits per heavy atom. The molecule has 0 unspecified atom stereocenters. The van der Waals surface area contributed by atoms with Crippen molar-refractivity contribution in [1.29, 1.82) is 0 Å². The minimum absolute atomic E-state index is 0. The first-order chi connectivity index (χ1) is 6.86. The van der Waals surface area contributed by atoms with Gasteiger partial charge in [-0.15, -0.1) is 12.4 Å². The number of nitrogens with one attached hydrogen (secondary N) is 1. The molecule has 1 heterocycles. The van der Waals surface area contributed by atoms with Crippen molar-refractivity contribution < 1.29 is 0 Å². The molecule has 1 aliphatic heterocycles. The predicted molar refractivity (Wildman–Crippen MR) is 66.2 cm³/mol. The summed E-state index contributed by atoms with van der Waals surface area (Å²) < 4.78 is 0. The van der Waals surface area contributed by atoms with E-state index in [1.807, 2.05) is 18.2 Å². The van der Waals surface area contributed by atoms with Crippen molar-refractivity contribution >= 4 is 18.1 Å². The number of nitrogen functional groups attached to an aromatic ring is 1. The minimum atomic E-state index is 0. The van der Waals surface area contributed by atoms with Gasteiger partial charge in [-0.25, -0.2) is 0 Å². The van der Waals surface area contributed by atoms with E-state index in [9.17, 15) is 0 Å².